The molecular formula is C22H19ClN2O5. The lowest BCUT2D eigenvalue weighted by atomic mass is 10.1. The van der Waals surface area contributed by atoms with Crippen LogP contribution in [0.15, 0.2) is 65.3 Å². The van der Waals surface area contributed by atoms with E-state index in [0.717, 1.165) is 0 Å². The van der Waals surface area contributed by atoms with E-state index in [-0.39, 0.29) is 30.2 Å². The molecule has 2 aromatic carbocycles. The summed E-state index contributed by atoms with van der Waals surface area (Å²) in [6, 6.07) is 15.0. The summed E-state index contributed by atoms with van der Waals surface area (Å²) in [5, 5.41) is 5.97. The van der Waals surface area contributed by atoms with Gasteiger partial charge in [0.05, 0.1) is 25.4 Å². The summed E-state index contributed by atoms with van der Waals surface area (Å²) in [5.74, 6) is -1.12. The molecule has 0 saturated carbocycles. The zero-order chi connectivity index (χ0) is 21.5. The Kier molecular flexibility index (Phi) is 6.87. The maximum atomic E-state index is 12.3. The first kappa shape index (κ1) is 21.1. The Morgan fingerprint density at radius 3 is 2.57 bits per heavy atom. The molecule has 0 aliphatic carbocycles. The molecule has 154 valence electrons. The lowest BCUT2D eigenvalue weighted by Gasteiger charge is -2.11. The first-order chi connectivity index (χ1) is 14.5. The number of esters is 1. The van der Waals surface area contributed by atoms with E-state index in [1.54, 1.807) is 36.4 Å². The molecule has 7 nitrogen and oxygen atoms in total. The fraction of sp³-hybridized carbons (Fsp3) is 0.136. The van der Waals surface area contributed by atoms with Gasteiger partial charge < -0.3 is 19.8 Å². The number of benzene rings is 2. The highest BCUT2D eigenvalue weighted by Gasteiger charge is 2.14. The van der Waals surface area contributed by atoms with Crippen LogP contribution < -0.4 is 10.6 Å². The first-order valence-electron chi connectivity index (χ1n) is 9.03. The van der Waals surface area contributed by atoms with Gasteiger partial charge in [-0.3, -0.25) is 9.59 Å². The number of hydrogen-bond donors (Lipinski definition) is 2. The molecule has 3 rings (SSSR count). The number of rotatable bonds is 7. The van der Waals surface area contributed by atoms with Crippen LogP contribution in [-0.4, -0.2) is 24.9 Å². The number of methoxy groups -OCH3 is 1. The van der Waals surface area contributed by atoms with Crippen LogP contribution in [0.25, 0.3) is 0 Å². The number of halogens is 1. The number of nitrogens with one attached hydrogen (secondary N) is 2. The van der Waals surface area contributed by atoms with E-state index in [4.69, 9.17) is 20.8 Å². The summed E-state index contributed by atoms with van der Waals surface area (Å²) >= 11 is 6.09. The lowest BCUT2D eigenvalue weighted by Crippen LogP contribution is -2.25. The van der Waals surface area contributed by atoms with Crippen LogP contribution in [0.3, 0.4) is 0 Å². The Hall–Kier alpha value is -3.58. The van der Waals surface area contributed by atoms with E-state index in [9.17, 15) is 14.4 Å². The molecule has 0 unspecified atom stereocenters. The van der Waals surface area contributed by atoms with Crippen LogP contribution in [-0.2, 0) is 22.5 Å². The number of carbonyl (C=O) groups is 3. The Bertz CT molecular complexity index is 1060. The molecule has 0 radical (unpaired) electrons. The Labute approximate surface area is 178 Å². The highest BCUT2D eigenvalue weighted by molar-refractivity contribution is 6.31. The molecule has 3 aromatic rings. The fourth-order valence-corrected chi connectivity index (χ4v) is 2.98. The average molecular weight is 427 g/mol. The Morgan fingerprint density at radius 2 is 1.87 bits per heavy atom. The monoisotopic (exact) mass is 426 g/mol. The maximum Gasteiger partial charge on any atom is 0.337 e. The van der Waals surface area contributed by atoms with Crippen molar-refractivity contribution >= 4 is 35.1 Å². The molecule has 30 heavy (non-hydrogen) atoms. The van der Waals surface area contributed by atoms with Crippen molar-refractivity contribution in [1.82, 2.24) is 5.32 Å². The molecule has 0 atom stereocenters. The number of amides is 2. The summed E-state index contributed by atoms with van der Waals surface area (Å²) in [5.41, 5.74) is 1.94. The summed E-state index contributed by atoms with van der Waals surface area (Å²) in [7, 11) is 1.27. The third kappa shape index (κ3) is 5.48. The zero-order valence-corrected chi connectivity index (χ0v) is 16.9. The molecule has 0 spiro atoms. The Balaban J connectivity index is 1.72. The van der Waals surface area contributed by atoms with E-state index >= 15 is 0 Å². The third-order valence-electron chi connectivity index (χ3n) is 4.22. The highest BCUT2D eigenvalue weighted by Crippen LogP contribution is 2.18. The van der Waals surface area contributed by atoms with E-state index in [2.05, 4.69) is 10.6 Å². The molecule has 1 aromatic heterocycles. The van der Waals surface area contributed by atoms with Crippen molar-refractivity contribution in [2.75, 3.05) is 12.4 Å². The van der Waals surface area contributed by atoms with Crippen LogP contribution in [0.1, 0.15) is 32.0 Å². The highest BCUT2D eigenvalue weighted by atomic mass is 35.5. The predicted octanol–water partition coefficient (Wildman–Crippen LogP) is 3.83. The maximum absolute atomic E-state index is 12.3. The Morgan fingerprint density at radius 1 is 1.07 bits per heavy atom. The first-order valence-corrected chi connectivity index (χ1v) is 9.41. The van der Waals surface area contributed by atoms with Gasteiger partial charge in [0.1, 0.15) is 0 Å². The van der Waals surface area contributed by atoms with Crippen molar-refractivity contribution in [3.05, 3.63) is 88.3 Å². The van der Waals surface area contributed by atoms with E-state index in [0.29, 0.717) is 21.8 Å². The standard InChI is InChI=1S/C22H19ClN2O5/c1-29-22(28)16-9-14(10-17(11-16)25-21(27)19-7-4-8-30-19)13-24-20(26)12-15-5-2-3-6-18(15)23/h2-11H,12-13H2,1H3,(H,24,26)(H,25,27). The van der Waals surface area contributed by atoms with Crippen molar-refractivity contribution < 1.29 is 23.5 Å². The summed E-state index contributed by atoms with van der Waals surface area (Å²) in [6.45, 7) is 0.151. The molecule has 0 aliphatic heterocycles. The van der Waals surface area contributed by atoms with Crippen molar-refractivity contribution in [3.8, 4) is 0 Å². The van der Waals surface area contributed by atoms with Crippen molar-refractivity contribution in [3.63, 3.8) is 0 Å². The molecule has 0 aliphatic rings. The van der Waals surface area contributed by atoms with Gasteiger partial charge in [0.15, 0.2) is 5.76 Å². The van der Waals surface area contributed by atoms with Gasteiger partial charge >= 0.3 is 5.97 Å². The van der Waals surface area contributed by atoms with Gasteiger partial charge in [0.2, 0.25) is 5.91 Å². The number of hydrogen-bond acceptors (Lipinski definition) is 5. The largest absolute Gasteiger partial charge is 0.465 e. The fourth-order valence-electron chi connectivity index (χ4n) is 2.78. The van der Waals surface area contributed by atoms with Crippen LogP contribution in [0, 0.1) is 0 Å². The molecule has 0 bridgehead atoms. The van der Waals surface area contributed by atoms with Crippen LogP contribution in [0.2, 0.25) is 5.02 Å². The minimum Gasteiger partial charge on any atom is -0.465 e. The molecule has 2 amide bonds. The average Bonchev–Trinajstić information content (AvgIpc) is 3.28. The van der Waals surface area contributed by atoms with Gasteiger partial charge in [0.25, 0.3) is 5.91 Å². The van der Waals surface area contributed by atoms with Crippen LogP contribution in [0.4, 0.5) is 5.69 Å². The molecule has 0 fully saturated rings. The van der Waals surface area contributed by atoms with Crippen molar-refractivity contribution in [1.29, 1.82) is 0 Å². The summed E-state index contributed by atoms with van der Waals surface area (Å²) < 4.78 is 9.84. The summed E-state index contributed by atoms with van der Waals surface area (Å²) in [4.78, 5) is 36.5. The second kappa shape index (κ2) is 9.76. The van der Waals surface area contributed by atoms with E-state index < -0.39 is 11.9 Å². The number of ether oxygens (including phenoxy) is 1. The molecule has 1 heterocycles. The third-order valence-corrected chi connectivity index (χ3v) is 4.58. The number of furan rings is 1. The minimum atomic E-state index is -0.562. The smallest absolute Gasteiger partial charge is 0.337 e. The van der Waals surface area contributed by atoms with E-state index in [1.165, 1.54) is 25.5 Å². The van der Waals surface area contributed by atoms with Gasteiger partial charge in [-0.15, -0.1) is 0 Å². The van der Waals surface area contributed by atoms with Crippen LogP contribution in [0.5, 0.6) is 0 Å². The van der Waals surface area contributed by atoms with Gasteiger partial charge in [-0.05, 0) is 47.5 Å². The minimum absolute atomic E-state index is 0.123. The normalized spacial score (nSPS) is 10.3. The zero-order valence-electron chi connectivity index (χ0n) is 16.1. The molecule has 8 heteroatoms. The van der Waals surface area contributed by atoms with Gasteiger partial charge in [0, 0.05) is 17.3 Å². The quantitative estimate of drug-likeness (QED) is 0.559. The second-order valence-electron chi connectivity index (χ2n) is 6.39. The van der Waals surface area contributed by atoms with E-state index in [1.807, 2.05) is 6.07 Å². The molecular weight excluding hydrogens is 408 g/mol. The second-order valence-corrected chi connectivity index (χ2v) is 6.79. The van der Waals surface area contributed by atoms with Crippen molar-refractivity contribution in [2.24, 2.45) is 0 Å². The van der Waals surface area contributed by atoms with Crippen LogP contribution >= 0.6 is 11.6 Å². The SMILES string of the molecule is COC(=O)c1cc(CNC(=O)Cc2ccccc2Cl)cc(NC(=O)c2ccco2)c1. The lowest BCUT2D eigenvalue weighted by molar-refractivity contribution is -0.120. The topological polar surface area (TPSA) is 97.6 Å². The van der Waals surface area contributed by atoms with Gasteiger partial charge in [-0.25, -0.2) is 4.79 Å². The predicted molar refractivity (Wildman–Crippen MR) is 111 cm³/mol. The van der Waals surface area contributed by atoms with Gasteiger partial charge in [-0.1, -0.05) is 29.8 Å². The summed E-state index contributed by atoms with van der Waals surface area (Å²) in [6.07, 6.45) is 1.51. The molecule has 2 N–H and O–H groups in total. The van der Waals surface area contributed by atoms with Gasteiger partial charge in [-0.2, -0.15) is 0 Å². The van der Waals surface area contributed by atoms with Crippen molar-refractivity contribution in [2.45, 2.75) is 13.0 Å². The number of carbonyl (C=O) groups excluding carboxylic acids is 3. The molecule has 0 saturated heterocycles. The number of anilines is 1.